The fourth-order valence-corrected chi connectivity index (χ4v) is 3.41. The number of aliphatic imine (C=N–C) groups is 1. The van der Waals surface area contributed by atoms with Crippen molar-refractivity contribution in [2.45, 2.75) is 32.2 Å². The highest BCUT2D eigenvalue weighted by atomic mass is 16.5. The predicted octanol–water partition coefficient (Wildman–Crippen LogP) is 1.82. The van der Waals surface area contributed by atoms with Crippen LogP contribution in [-0.2, 0) is 11.2 Å². The molecule has 0 bridgehead atoms. The van der Waals surface area contributed by atoms with Crippen LogP contribution in [0.2, 0.25) is 0 Å². The molecule has 1 aliphatic rings. The van der Waals surface area contributed by atoms with Gasteiger partial charge in [0.15, 0.2) is 5.96 Å². The molecular formula is C20H34N4O2. The molecule has 0 aromatic heterocycles. The molecular weight excluding hydrogens is 328 g/mol. The Labute approximate surface area is 158 Å². The van der Waals surface area contributed by atoms with E-state index in [1.807, 2.05) is 7.05 Å². The lowest BCUT2D eigenvalue weighted by Gasteiger charge is -2.25. The Kier molecular flexibility index (Phi) is 8.71. The average molecular weight is 363 g/mol. The van der Waals surface area contributed by atoms with Gasteiger partial charge in [-0.1, -0.05) is 12.1 Å². The Morgan fingerprint density at radius 2 is 2.15 bits per heavy atom. The molecule has 1 aromatic carbocycles. The number of hydrogen-bond acceptors (Lipinski definition) is 4. The normalized spacial score (nSPS) is 18.2. The van der Waals surface area contributed by atoms with Crippen molar-refractivity contribution in [2.24, 2.45) is 4.99 Å². The number of aryl methyl sites for hydroxylation is 1. The van der Waals surface area contributed by atoms with Gasteiger partial charge in [-0.2, -0.15) is 0 Å². The van der Waals surface area contributed by atoms with Crippen LogP contribution in [0.3, 0.4) is 0 Å². The highest BCUT2D eigenvalue weighted by Crippen LogP contribution is 2.19. The summed E-state index contributed by atoms with van der Waals surface area (Å²) in [5.41, 5.74) is 2.42. The summed E-state index contributed by atoms with van der Waals surface area (Å²) in [6.45, 7) is 6.78. The van der Waals surface area contributed by atoms with Gasteiger partial charge in [0, 0.05) is 39.8 Å². The quantitative estimate of drug-likeness (QED) is 0.518. The summed E-state index contributed by atoms with van der Waals surface area (Å²) < 4.78 is 10.6. The number of ether oxygens (including phenoxy) is 2. The summed E-state index contributed by atoms with van der Waals surface area (Å²) in [4.78, 5) is 6.84. The van der Waals surface area contributed by atoms with E-state index < -0.39 is 0 Å². The molecule has 146 valence electrons. The highest BCUT2D eigenvalue weighted by molar-refractivity contribution is 5.79. The molecule has 0 radical (unpaired) electrons. The molecule has 1 aliphatic heterocycles. The molecule has 0 amide bonds. The van der Waals surface area contributed by atoms with Crippen molar-refractivity contribution >= 4 is 5.96 Å². The van der Waals surface area contributed by atoms with Gasteiger partial charge in [0.2, 0.25) is 0 Å². The van der Waals surface area contributed by atoms with Gasteiger partial charge in [-0.15, -0.1) is 0 Å². The second-order valence-corrected chi connectivity index (χ2v) is 6.76. The van der Waals surface area contributed by atoms with Crippen molar-refractivity contribution in [3.63, 3.8) is 0 Å². The fraction of sp³-hybridized carbons (Fsp3) is 0.650. The average Bonchev–Trinajstić information content (AvgIpc) is 3.11. The molecule has 0 spiro atoms. The first-order valence-corrected chi connectivity index (χ1v) is 9.49. The van der Waals surface area contributed by atoms with Gasteiger partial charge in [0.25, 0.3) is 0 Å². The van der Waals surface area contributed by atoms with Crippen LogP contribution < -0.4 is 15.4 Å². The number of methoxy groups -OCH3 is 2. The van der Waals surface area contributed by atoms with E-state index in [1.54, 1.807) is 14.2 Å². The number of hydrogen-bond donors (Lipinski definition) is 2. The van der Waals surface area contributed by atoms with Crippen LogP contribution in [0.1, 0.15) is 24.0 Å². The Morgan fingerprint density at radius 1 is 1.31 bits per heavy atom. The minimum atomic E-state index is 0.560. The molecule has 1 fully saturated rings. The summed E-state index contributed by atoms with van der Waals surface area (Å²) in [5, 5.41) is 6.87. The van der Waals surface area contributed by atoms with Gasteiger partial charge in [-0.25, -0.2) is 0 Å². The smallest absolute Gasteiger partial charge is 0.191 e. The molecule has 2 N–H and O–H groups in total. The Bertz CT molecular complexity index is 577. The summed E-state index contributed by atoms with van der Waals surface area (Å²) in [5.74, 6) is 1.81. The summed E-state index contributed by atoms with van der Waals surface area (Å²) in [6.07, 6.45) is 3.43. The second-order valence-electron chi connectivity index (χ2n) is 6.76. The minimum absolute atomic E-state index is 0.560. The maximum absolute atomic E-state index is 5.40. The van der Waals surface area contributed by atoms with Crippen molar-refractivity contribution in [2.75, 3.05) is 54.1 Å². The van der Waals surface area contributed by atoms with E-state index >= 15 is 0 Å². The van der Waals surface area contributed by atoms with Gasteiger partial charge in [0.05, 0.1) is 13.7 Å². The molecule has 2 rings (SSSR count). The van der Waals surface area contributed by atoms with Crippen molar-refractivity contribution in [3.8, 4) is 5.75 Å². The van der Waals surface area contributed by atoms with Crippen LogP contribution in [0.25, 0.3) is 0 Å². The third-order valence-corrected chi connectivity index (χ3v) is 4.99. The first-order chi connectivity index (χ1) is 12.7. The van der Waals surface area contributed by atoms with Crippen LogP contribution in [-0.4, -0.2) is 71.0 Å². The fourth-order valence-electron chi connectivity index (χ4n) is 3.41. The number of nitrogens with one attached hydrogen (secondary N) is 2. The van der Waals surface area contributed by atoms with Gasteiger partial charge in [-0.3, -0.25) is 9.89 Å². The second kappa shape index (κ2) is 11.0. The van der Waals surface area contributed by atoms with Crippen LogP contribution in [0.4, 0.5) is 0 Å². The molecule has 1 heterocycles. The minimum Gasteiger partial charge on any atom is -0.496 e. The number of guanidine groups is 1. The molecule has 1 unspecified atom stereocenters. The molecule has 1 atom stereocenters. The monoisotopic (exact) mass is 362 g/mol. The lowest BCUT2D eigenvalue weighted by molar-refractivity contribution is 0.141. The first kappa shape index (κ1) is 20.5. The molecule has 0 saturated carbocycles. The summed E-state index contributed by atoms with van der Waals surface area (Å²) in [6, 6.07) is 6.93. The van der Waals surface area contributed by atoms with E-state index in [-0.39, 0.29) is 0 Å². The van der Waals surface area contributed by atoms with Gasteiger partial charge < -0.3 is 20.1 Å². The van der Waals surface area contributed by atoms with Crippen molar-refractivity contribution in [1.82, 2.24) is 15.5 Å². The summed E-state index contributed by atoms with van der Waals surface area (Å²) >= 11 is 0. The van der Waals surface area contributed by atoms with Gasteiger partial charge in [0.1, 0.15) is 5.75 Å². The largest absolute Gasteiger partial charge is 0.496 e. The zero-order valence-electron chi connectivity index (χ0n) is 16.7. The molecule has 6 nitrogen and oxygen atoms in total. The zero-order valence-corrected chi connectivity index (χ0v) is 16.7. The number of likely N-dealkylation sites (tertiary alicyclic amines) is 1. The molecule has 26 heavy (non-hydrogen) atoms. The van der Waals surface area contributed by atoms with Crippen molar-refractivity contribution in [1.29, 1.82) is 0 Å². The van der Waals surface area contributed by atoms with E-state index in [4.69, 9.17) is 9.47 Å². The van der Waals surface area contributed by atoms with E-state index in [0.717, 1.165) is 56.5 Å². The maximum atomic E-state index is 5.40. The molecule has 1 saturated heterocycles. The van der Waals surface area contributed by atoms with E-state index in [0.29, 0.717) is 6.04 Å². The van der Waals surface area contributed by atoms with Crippen LogP contribution >= 0.6 is 0 Å². The highest BCUT2D eigenvalue weighted by Gasteiger charge is 2.23. The lowest BCUT2D eigenvalue weighted by atomic mass is 10.1. The number of rotatable bonds is 9. The maximum Gasteiger partial charge on any atom is 0.191 e. The standard InChI is InChI=1S/C20H34N4O2/c1-16-7-8-17(14-19(16)26-4)9-10-22-20(21-2)23-15-18-6-5-11-24(18)12-13-25-3/h7-8,14,18H,5-6,9-13,15H2,1-4H3,(H2,21,22,23). The lowest BCUT2D eigenvalue weighted by Crippen LogP contribution is -2.45. The summed E-state index contributed by atoms with van der Waals surface area (Å²) in [7, 11) is 5.30. The third kappa shape index (κ3) is 6.18. The Hall–Kier alpha value is -1.79. The number of nitrogens with zero attached hydrogens (tertiary/aromatic N) is 2. The van der Waals surface area contributed by atoms with Crippen molar-refractivity contribution < 1.29 is 9.47 Å². The molecule has 6 heteroatoms. The zero-order chi connectivity index (χ0) is 18.8. The molecule has 1 aromatic rings. The number of benzene rings is 1. The van der Waals surface area contributed by atoms with Crippen molar-refractivity contribution in [3.05, 3.63) is 29.3 Å². The van der Waals surface area contributed by atoms with Crippen LogP contribution in [0, 0.1) is 6.92 Å². The third-order valence-electron chi connectivity index (χ3n) is 4.99. The van der Waals surface area contributed by atoms with E-state index in [2.05, 4.69) is 45.6 Å². The Balaban J connectivity index is 1.74. The van der Waals surface area contributed by atoms with Crippen LogP contribution in [0.5, 0.6) is 5.75 Å². The van der Waals surface area contributed by atoms with Gasteiger partial charge in [-0.05, 0) is 49.9 Å². The SMILES string of the molecule is CN=C(NCCc1ccc(C)c(OC)c1)NCC1CCCN1CCOC. The van der Waals surface area contributed by atoms with E-state index in [9.17, 15) is 0 Å². The Morgan fingerprint density at radius 3 is 2.88 bits per heavy atom. The predicted molar refractivity (Wildman–Crippen MR) is 107 cm³/mol. The topological polar surface area (TPSA) is 58.1 Å². The van der Waals surface area contributed by atoms with Gasteiger partial charge >= 0.3 is 0 Å². The van der Waals surface area contributed by atoms with Crippen LogP contribution in [0.15, 0.2) is 23.2 Å². The molecule has 0 aliphatic carbocycles. The van der Waals surface area contributed by atoms with E-state index in [1.165, 1.54) is 18.4 Å². The first-order valence-electron chi connectivity index (χ1n) is 9.49.